The number of halogens is 1. The zero-order chi connectivity index (χ0) is 17.8. The van der Waals surface area contributed by atoms with Gasteiger partial charge in [-0.15, -0.1) is 0 Å². The number of aliphatic hydroxyl groups is 1. The molecule has 1 amide bonds. The van der Waals surface area contributed by atoms with Gasteiger partial charge in [-0.25, -0.2) is 4.39 Å². The van der Waals surface area contributed by atoms with Crippen molar-refractivity contribution in [1.82, 2.24) is 4.90 Å². The Bertz CT molecular complexity index is 734. The van der Waals surface area contributed by atoms with Crippen LogP contribution < -0.4 is 9.47 Å². The number of carbonyl (C=O) groups excluding carboxylic acids is 1. The highest BCUT2D eigenvalue weighted by Crippen LogP contribution is 2.21. The number of β-amino-alcohol motifs (C(OH)–C–C–N with tert-alkyl or cyclic N) is 1. The lowest BCUT2D eigenvalue weighted by Crippen LogP contribution is -2.32. The van der Waals surface area contributed by atoms with E-state index in [2.05, 4.69) is 0 Å². The van der Waals surface area contributed by atoms with Crippen molar-refractivity contribution in [2.45, 2.75) is 18.6 Å². The Balaban J connectivity index is 1.59. The van der Waals surface area contributed by atoms with E-state index in [0.717, 1.165) is 11.3 Å². The lowest BCUT2D eigenvalue weighted by atomic mass is 10.1. The van der Waals surface area contributed by atoms with Crippen molar-refractivity contribution >= 4 is 5.91 Å². The first kappa shape index (κ1) is 17.2. The summed E-state index contributed by atoms with van der Waals surface area (Å²) in [6.45, 7) is 0.474. The molecule has 0 radical (unpaired) electrons. The molecule has 1 fully saturated rings. The lowest BCUT2D eigenvalue weighted by Gasteiger charge is -2.17. The van der Waals surface area contributed by atoms with E-state index in [-0.39, 0.29) is 25.4 Å². The summed E-state index contributed by atoms with van der Waals surface area (Å²) < 4.78 is 23.9. The van der Waals surface area contributed by atoms with Gasteiger partial charge in [0.15, 0.2) is 0 Å². The van der Waals surface area contributed by atoms with Gasteiger partial charge in [-0.05, 0) is 29.8 Å². The molecule has 2 atom stereocenters. The number of likely N-dealkylation sites (tertiary alicyclic amines) is 1. The van der Waals surface area contributed by atoms with Gasteiger partial charge in [-0.3, -0.25) is 4.79 Å². The second kappa shape index (κ2) is 7.53. The Kier molecular flexibility index (Phi) is 5.19. The summed E-state index contributed by atoms with van der Waals surface area (Å²) >= 11 is 0. The molecule has 0 saturated carbocycles. The van der Waals surface area contributed by atoms with Crippen LogP contribution in [0.25, 0.3) is 0 Å². The zero-order valence-corrected chi connectivity index (χ0v) is 13.9. The number of aliphatic hydroxyl groups excluding tert-OH is 1. The predicted molar refractivity (Wildman–Crippen MR) is 90.1 cm³/mol. The molecular formula is C19H20FNO4. The highest BCUT2D eigenvalue weighted by atomic mass is 19.1. The number of hydrogen-bond donors (Lipinski definition) is 1. The Morgan fingerprint density at radius 2 is 1.96 bits per heavy atom. The first-order valence-electron chi connectivity index (χ1n) is 8.06. The van der Waals surface area contributed by atoms with Crippen LogP contribution in [0.5, 0.6) is 11.5 Å². The molecule has 2 aromatic carbocycles. The monoisotopic (exact) mass is 345 g/mol. The standard InChI is InChI=1S/C19H20FNO4/c1-24-15-7-5-13(6-8-15)9-19(23)21-11-17(22)18(12-21)25-16-4-2-3-14(20)10-16/h2-8,10,17-18,22H,9,11-12H2,1H3/t17-,18-/m1/s1. The molecule has 25 heavy (non-hydrogen) atoms. The maximum atomic E-state index is 13.2. The third kappa shape index (κ3) is 4.28. The third-order valence-electron chi connectivity index (χ3n) is 4.19. The van der Waals surface area contributed by atoms with E-state index in [1.54, 1.807) is 36.3 Å². The molecule has 1 saturated heterocycles. The first-order chi connectivity index (χ1) is 12.0. The molecule has 0 aromatic heterocycles. The van der Waals surface area contributed by atoms with E-state index < -0.39 is 18.0 Å². The number of nitrogens with zero attached hydrogens (tertiary/aromatic N) is 1. The number of methoxy groups -OCH3 is 1. The van der Waals surface area contributed by atoms with E-state index in [4.69, 9.17) is 9.47 Å². The summed E-state index contributed by atoms with van der Waals surface area (Å²) in [6, 6.07) is 13.0. The SMILES string of the molecule is COc1ccc(CC(=O)N2C[C@@H](O)[C@H](Oc3cccc(F)c3)C2)cc1. The molecule has 0 unspecified atom stereocenters. The summed E-state index contributed by atoms with van der Waals surface area (Å²) in [7, 11) is 1.59. The van der Waals surface area contributed by atoms with Gasteiger partial charge >= 0.3 is 0 Å². The summed E-state index contributed by atoms with van der Waals surface area (Å²) in [5, 5.41) is 10.1. The van der Waals surface area contributed by atoms with Crippen molar-refractivity contribution < 1.29 is 23.8 Å². The minimum Gasteiger partial charge on any atom is -0.497 e. The molecule has 5 nitrogen and oxygen atoms in total. The smallest absolute Gasteiger partial charge is 0.227 e. The zero-order valence-electron chi connectivity index (χ0n) is 13.9. The van der Waals surface area contributed by atoms with Crippen molar-refractivity contribution in [3.8, 4) is 11.5 Å². The Morgan fingerprint density at radius 1 is 1.20 bits per heavy atom. The van der Waals surface area contributed by atoms with Crippen LogP contribution in [0, 0.1) is 5.82 Å². The van der Waals surface area contributed by atoms with E-state index in [0.29, 0.717) is 5.75 Å². The van der Waals surface area contributed by atoms with Crippen LogP contribution >= 0.6 is 0 Å². The Morgan fingerprint density at radius 3 is 2.64 bits per heavy atom. The van der Waals surface area contributed by atoms with Gasteiger partial charge in [0.05, 0.1) is 26.6 Å². The molecule has 1 aliphatic rings. The predicted octanol–water partition coefficient (Wildman–Crippen LogP) is 2.03. The van der Waals surface area contributed by atoms with E-state index >= 15 is 0 Å². The van der Waals surface area contributed by atoms with Crippen molar-refractivity contribution in [2.24, 2.45) is 0 Å². The van der Waals surface area contributed by atoms with E-state index in [9.17, 15) is 14.3 Å². The van der Waals surface area contributed by atoms with Gasteiger partial charge in [0.1, 0.15) is 29.5 Å². The minimum atomic E-state index is -0.803. The van der Waals surface area contributed by atoms with E-state index in [1.165, 1.54) is 12.1 Å². The molecule has 0 bridgehead atoms. The number of hydrogen-bond acceptors (Lipinski definition) is 4. The molecule has 0 spiro atoms. The minimum absolute atomic E-state index is 0.0884. The van der Waals surface area contributed by atoms with Gasteiger partial charge in [0.2, 0.25) is 5.91 Å². The maximum Gasteiger partial charge on any atom is 0.227 e. The molecule has 1 heterocycles. The average molecular weight is 345 g/mol. The lowest BCUT2D eigenvalue weighted by molar-refractivity contribution is -0.129. The summed E-state index contributed by atoms with van der Waals surface area (Å²) in [6.07, 6.45) is -1.13. The quantitative estimate of drug-likeness (QED) is 0.901. The van der Waals surface area contributed by atoms with Gasteiger partial charge in [0, 0.05) is 6.07 Å². The number of benzene rings is 2. The van der Waals surface area contributed by atoms with Gasteiger partial charge < -0.3 is 19.5 Å². The van der Waals surface area contributed by atoms with Crippen LogP contribution in [0.4, 0.5) is 4.39 Å². The molecule has 132 valence electrons. The van der Waals surface area contributed by atoms with E-state index in [1.807, 2.05) is 12.1 Å². The van der Waals surface area contributed by atoms with Crippen LogP contribution in [0.2, 0.25) is 0 Å². The van der Waals surface area contributed by atoms with Crippen molar-refractivity contribution in [1.29, 1.82) is 0 Å². The first-order valence-corrected chi connectivity index (χ1v) is 8.06. The highest BCUT2D eigenvalue weighted by Gasteiger charge is 2.35. The van der Waals surface area contributed by atoms with Crippen LogP contribution in [0.1, 0.15) is 5.56 Å². The largest absolute Gasteiger partial charge is 0.497 e. The Labute approximate surface area is 145 Å². The fourth-order valence-electron chi connectivity index (χ4n) is 2.82. The summed E-state index contributed by atoms with van der Waals surface area (Å²) in [5.41, 5.74) is 0.870. The number of amides is 1. The van der Waals surface area contributed by atoms with Crippen molar-refractivity contribution in [2.75, 3.05) is 20.2 Å². The van der Waals surface area contributed by atoms with Gasteiger partial charge in [-0.1, -0.05) is 18.2 Å². The molecule has 3 rings (SSSR count). The normalized spacial score (nSPS) is 19.7. The molecule has 6 heteroatoms. The van der Waals surface area contributed by atoms with Crippen molar-refractivity contribution in [3.63, 3.8) is 0 Å². The summed E-state index contributed by atoms with van der Waals surface area (Å²) in [5.74, 6) is 0.580. The van der Waals surface area contributed by atoms with Crippen LogP contribution in [-0.4, -0.2) is 48.3 Å². The van der Waals surface area contributed by atoms with Crippen LogP contribution in [0.3, 0.4) is 0 Å². The molecule has 0 aliphatic carbocycles. The third-order valence-corrected chi connectivity index (χ3v) is 4.19. The second-order valence-corrected chi connectivity index (χ2v) is 6.00. The fraction of sp³-hybridized carbons (Fsp3) is 0.316. The average Bonchev–Trinajstić information content (AvgIpc) is 2.96. The molecule has 1 N–H and O–H groups in total. The molecule has 1 aliphatic heterocycles. The van der Waals surface area contributed by atoms with Crippen LogP contribution in [0.15, 0.2) is 48.5 Å². The second-order valence-electron chi connectivity index (χ2n) is 6.00. The highest BCUT2D eigenvalue weighted by molar-refractivity contribution is 5.79. The molecule has 2 aromatic rings. The Hall–Kier alpha value is -2.60. The number of carbonyl (C=O) groups is 1. The van der Waals surface area contributed by atoms with Gasteiger partial charge in [-0.2, -0.15) is 0 Å². The maximum absolute atomic E-state index is 13.2. The topological polar surface area (TPSA) is 59.0 Å². The number of ether oxygens (including phenoxy) is 2. The van der Waals surface area contributed by atoms with Gasteiger partial charge in [0.25, 0.3) is 0 Å². The van der Waals surface area contributed by atoms with Crippen LogP contribution in [-0.2, 0) is 11.2 Å². The summed E-state index contributed by atoms with van der Waals surface area (Å²) in [4.78, 5) is 14.0. The molecular weight excluding hydrogens is 325 g/mol. The number of rotatable bonds is 5. The fourth-order valence-corrected chi connectivity index (χ4v) is 2.82. The van der Waals surface area contributed by atoms with Crippen molar-refractivity contribution in [3.05, 3.63) is 59.9 Å².